The summed E-state index contributed by atoms with van der Waals surface area (Å²) in [7, 11) is 0. The number of alkyl carbamates (subject to hydrolysis) is 1. The summed E-state index contributed by atoms with van der Waals surface area (Å²) in [5, 5.41) is 6.93. The molecule has 26 heavy (non-hydrogen) atoms. The average Bonchev–Trinajstić information content (AvgIpc) is 3.13. The predicted octanol–water partition coefficient (Wildman–Crippen LogP) is 2.97. The number of hydrogen-bond acceptors (Lipinski definition) is 7. The van der Waals surface area contributed by atoms with Gasteiger partial charge in [0.05, 0.1) is 6.61 Å². The van der Waals surface area contributed by atoms with Crippen LogP contribution in [0.5, 0.6) is 0 Å². The lowest BCUT2D eigenvalue weighted by Crippen LogP contribution is -2.48. The molecule has 1 atom stereocenters. The van der Waals surface area contributed by atoms with Gasteiger partial charge in [-0.15, -0.1) is 0 Å². The number of amides is 1. The van der Waals surface area contributed by atoms with Crippen LogP contribution in [0.15, 0.2) is 22.9 Å². The second-order valence-corrected chi connectivity index (χ2v) is 6.67. The Balaban J connectivity index is 1.71. The molecule has 2 aromatic rings. The number of anilines is 1. The zero-order valence-electron chi connectivity index (χ0n) is 15.4. The monoisotopic (exact) mass is 359 g/mol. The van der Waals surface area contributed by atoms with Gasteiger partial charge in [-0.3, -0.25) is 0 Å². The third-order valence-electron chi connectivity index (χ3n) is 4.29. The Kier molecular flexibility index (Phi) is 5.70. The Hall–Kier alpha value is -2.64. The molecule has 0 aliphatic carbocycles. The summed E-state index contributed by atoms with van der Waals surface area (Å²) in [6, 6.07) is 3.85. The van der Waals surface area contributed by atoms with Crippen molar-refractivity contribution in [3.8, 4) is 11.5 Å². The average molecular weight is 359 g/mol. The summed E-state index contributed by atoms with van der Waals surface area (Å²) in [4.78, 5) is 22.7. The minimum atomic E-state index is -0.367. The third kappa shape index (κ3) is 4.30. The fourth-order valence-corrected chi connectivity index (χ4v) is 2.95. The maximum Gasteiger partial charge on any atom is 0.407 e. The van der Waals surface area contributed by atoms with Crippen LogP contribution in [0.4, 0.5) is 10.6 Å². The Morgan fingerprint density at radius 1 is 1.50 bits per heavy atom. The lowest BCUT2D eigenvalue weighted by molar-refractivity contribution is 0.146. The van der Waals surface area contributed by atoms with Crippen molar-refractivity contribution in [3.05, 3.63) is 24.2 Å². The Bertz CT molecular complexity index is 746. The summed E-state index contributed by atoms with van der Waals surface area (Å²) in [6.07, 6.45) is 3.28. The topological polar surface area (TPSA) is 93.4 Å². The van der Waals surface area contributed by atoms with E-state index >= 15 is 0 Å². The zero-order valence-corrected chi connectivity index (χ0v) is 15.4. The van der Waals surface area contributed by atoms with Crippen LogP contribution in [-0.2, 0) is 4.74 Å². The summed E-state index contributed by atoms with van der Waals surface area (Å²) >= 11 is 0. The van der Waals surface area contributed by atoms with Gasteiger partial charge < -0.3 is 19.5 Å². The lowest BCUT2D eigenvalue weighted by Gasteiger charge is -2.33. The molecule has 3 rings (SSSR count). The first kappa shape index (κ1) is 18.2. The zero-order chi connectivity index (χ0) is 18.5. The van der Waals surface area contributed by atoms with Crippen molar-refractivity contribution >= 4 is 11.9 Å². The first-order chi connectivity index (χ1) is 12.6. The van der Waals surface area contributed by atoms with E-state index in [9.17, 15) is 4.79 Å². The van der Waals surface area contributed by atoms with Crippen LogP contribution in [0.2, 0.25) is 0 Å². The van der Waals surface area contributed by atoms with Gasteiger partial charge in [0.25, 0.3) is 5.89 Å². The van der Waals surface area contributed by atoms with E-state index in [2.05, 4.69) is 25.3 Å². The highest BCUT2D eigenvalue weighted by atomic mass is 16.5. The highest BCUT2D eigenvalue weighted by Gasteiger charge is 2.23. The van der Waals surface area contributed by atoms with E-state index in [1.807, 2.05) is 26.0 Å². The van der Waals surface area contributed by atoms with E-state index in [-0.39, 0.29) is 18.1 Å². The molecule has 0 spiro atoms. The number of nitrogens with zero attached hydrogens (tertiary/aromatic N) is 4. The van der Waals surface area contributed by atoms with Crippen LogP contribution in [0.3, 0.4) is 0 Å². The highest BCUT2D eigenvalue weighted by molar-refractivity contribution is 5.67. The number of hydrogen-bond donors (Lipinski definition) is 1. The molecule has 1 fully saturated rings. The maximum absolute atomic E-state index is 11.7. The van der Waals surface area contributed by atoms with Gasteiger partial charge in [0.15, 0.2) is 5.82 Å². The van der Waals surface area contributed by atoms with Crippen LogP contribution in [0.25, 0.3) is 11.5 Å². The van der Waals surface area contributed by atoms with Crippen molar-refractivity contribution in [3.63, 3.8) is 0 Å². The number of piperidine rings is 1. The summed E-state index contributed by atoms with van der Waals surface area (Å²) < 4.78 is 10.3. The molecule has 1 aliphatic rings. The quantitative estimate of drug-likeness (QED) is 0.877. The van der Waals surface area contributed by atoms with E-state index in [0.717, 1.165) is 30.8 Å². The number of rotatable bonds is 5. The van der Waals surface area contributed by atoms with Gasteiger partial charge in [-0.2, -0.15) is 4.98 Å². The maximum atomic E-state index is 11.7. The number of carbonyl (C=O) groups is 1. The Morgan fingerprint density at radius 3 is 3.08 bits per heavy atom. The Labute approximate surface area is 152 Å². The molecule has 8 heteroatoms. The predicted molar refractivity (Wildman–Crippen MR) is 97.0 cm³/mol. The third-order valence-corrected chi connectivity index (χ3v) is 4.29. The molecule has 1 amide bonds. The SMILES string of the molecule is CCOC(=O)NC1CCCN(c2cc(-c3nc(C(C)C)no3)ccn2)C1. The number of pyridine rings is 1. The number of ether oxygens (including phenoxy) is 1. The van der Waals surface area contributed by atoms with Crippen molar-refractivity contribution in [2.75, 3.05) is 24.6 Å². The van der Waals surface area contributed by atoms with Crippen LogP contribution >= 0.6 is 0 Å². The molecular weight excluding hydrogens is 334 g/mol. The number of nitrogens with one attached hydrogen (secondary N) is 1. The van der Waals surface area contributed by atoms with Gasteiger partial charge in [0, 0.05) is 36.8 Å². The van der Waals surface area contributed by atoms with Gasteiger partial charge in [-0.1, -0.05) is 19.0 Å². The van der Waals surface area contributed by atoms with E-state index in [1.165, 1.54) is 0 Å². The van der Waals surface area contributed by atoms with Gasteiger partial charge in [0.2, 0.25) is 0 Å². The second kappa shape index (κ2) is 8.16. The van der Waals surface area contributed by atoms with Gasteiger partial charge in [0.1, 0.15) is 5.82 Å². The molecule has 1 saturated heterocycles. The van der Waals surface area contributed by atoms with Crippen molar-refractivity contribution in [2.24, 2.45) is 0 Å². The molecule has 1 N–H and O–H groups in total. The first-order valence-corrected chi connectivity index (χ1v) is 9.05. The van der Waals surface area contributed by atoms with Gasteiger partial charge in [-0.25, -0.2) is 9.78 Å². The molecule has 2 aromatic heterocycles. The van der Waals surface area contributed by atoms with Crippen molar-refractivity contribution in [2.45, 2.75) is 45.6 Å². The lowest BCUT2D eigenvalue weighted by atomic mass is 10.1. The summed E-state index contributed by atoms with van der Waals surface area (Å²) in [5.41, 5.74) is 0.842. The van der Waals surface area contributed by atoms with Crippen LogP contribution in [-0.4, -0.2) is 47.0 Å². The smallest absolute Gasteiger partial charge is 0.407 e. The van der Waals surface area contributed by atoms with Crippen LogP contribution in [0, 0.1) is 0 Å². The summed E-state index contributed by atoms with van der Waals surface area (Å²) in [5.74, 6) is 2.23. The Morgan fingerprint density at radius 2 is 2.35 bits per heavy atom. The molecule has 140 valence electrons. The fourth-order valence-electron chi connectivity index (χ4n) is 2.95. The van der Waals surface area contributed by atoms with Crippen LogP contribution < -0.4 is 10.2 Å². The van der Waals surface area contributed by atoms with E-state index in [1.54, 1.807) is 13.1 Å². The van der Waals surface area contributed by atoms with Gasteiger partial charge in [-0.05, 0) is 31.9 Å². The van der Waals surface area contributed by atoms with E-state index < -0.39 is 0 Å². The number of carbonyl (C=O) groups excluding carboxylic acids is 1. The first-order valence-electron chi connectivity index (χ1n) is 9.05. The second-order valence-electron chi connectivity index (χ2n) is 6.67. The van der Waals surface area contributed by atoms with Crippen molar-refractivity contribution in [1.82, 2.24) is 20.4 Å². The highest BCUT2D eigenvalue weighted by Crippen LogP contribution is 2.25. The normalized spacial score (nSPS) is 17.4. The molecule has 1 unspecified atom stereocenters. The molecule has 3 heterocycles. The van der Waals surface area contributed by atoms with E-state index in [4.69, 9.17) is 9.26 Å². The molecule has 0 aromatic carbocycles. The number of aromatic nitrogens is 3. The molecular formula is C18H25N5O3. The molecule has 1 aliphatic heterocycles. The fraction of sp³-hybridized carbons (Fsp3) is 0.556. The van der Waals surface area contributed by atoms with Gasteiger partial charge >= 0.3 is 6.09 Å². The molecule has 0 bridgehead atoms. The van der Waals surface area contributed by atoms with Crippen molar-refractivity contribution < 1.29 is 14.1 Å². The molecule has 0 radical (unpaired) electrons. The van der Waals surface area contributed by atoms with Crippen molar-refractivity contribution in [1.29, 1.82) is 0 Å². The minimum absolute atomic E-state index is 0.0456. The standard InChI is InChI=1S/C18H25N5O3/c1-4-25-18(24)20-14-6-5-9-23(11-14)15-10-13(7-8-19-15)17-21-16(12(2)3)22-26-17/h7-8,10,12,14H,4-6,9,11H2,1-3H3,(H,20,24). The molecule has 8 nitrogen and oxygen atoms in total. The molecule has 0 saturated carbocycles. The van der Waals surface area contributed by atoms with Crippen LogP contribution in [0.1, 0.15) is 45.4 Å². The largest absolute Gasteiger partial charge is 0.450 e. The summed E-state index contributed by atoms with van der Waals surface area (Å²) in [6.45, 7) is 7.79. The van der Waals surface area contributed by atoms with E-state index in [0.29, 0.717) is 24.9 Å². The minimum Gasteiger partial charge on any atom is -0.450 e.